The Bertz CT molecular complexity index is 649. The van der Waals surface area contributed by atoms with Crippen LogP contribution in [0, 0.1) is 5.92 Å². The molecule has 0 aromatic carbocycles. The highest BCUT2D eigenvalue weighted by Crippen LogP contribution is 2.28. The molecular weight excluding hydrogens is 312 g/mol. The largest absolute Gasteiger partial charge is 0.461 e. The van der Waals surface area contributed by atoms with E-state index in [0.29, 0.717) is 29.2 Å². The molecule has 1 N–H and O–H groups in total. The molecule has 1 atom stereocenters. The van der Waals surface area contributed by atoms with Gasteiger partial charge in [0, 0.05) is 13.1 Å². The minimum atomic E-state index is -0.269. The molecule has 0 aliphatic heterocycles. The first-order valence-corrected chi connectivity index (χ1v) is 8.43. The molecule has 1 unspecified atom stereocenters. The first-order chi connectivity index (χ1) is 11.0. The molecule has 0 spiro atoms. The Morgan fingerprint density at radius 2 is 2.26 bits per heavy atom. The lowest BCUT2D eigenvalue weighted by molar-refractivity contribution is -0.120. The smallest absolute Gasteiger partial charge is 0.233 e. The predicted molar refractivity (Wildman–Crippen MR) is 91.1 cm³/mol. The predicted octanol–water partition coefficient (Wildman–Crippen LogP) is 2.98. The van der Waals surface area contributed by atoms with Crippen LogP contribution in [0.3, 0.4) is 0 Å². The van der Waals surface area contributed by atoms with Gasteiger partial charge in [-0.05, 0) is 25.0 Å². The maximum absolute atomic E-state index is 12.0. The van der Waals surface area contributed by atoms with Crippen LogP contribution in [-0.2, 0) is 11.3 Å². The van der Waals surface area contributed by atoms with Crippen LogP contribution in [0.4, 0.5) is 0 Å². The number of thioether (sulfide) groups is 1. The third kappa shape index (κ3) is 4.48. The molecular formula is C16H22N4O2S. The van der Waals surface area contributed by atoms with E-state index in [9.17, 15) is 4.79 Å². The number of hydrogen-bond donors (Lipinski definition) is 1. The molecule has 0 bridgehead atoms. The lowest BCUT2D eigenvalue weighted by Gasteiger charge is -2.14. The summed E-state index contributed by atoms with van der Waals surface area (Å²) in [6, 6.07) is 3.68. The molecule has 1 amide bonds. The van der Waals surface area contributed by atoms with Gasteiger partial charge in [0.1, 0.15) is 0 Å². The summed E-state index contributed by atoms with van der Waals surface area (Å²) < 4.78 is 7.44. The summed E-state index contributed by atoms with van der Waals surface area (Å²) >= 11 is 1.39. The van der Waals surface area contributed by atoms with E-state index in [1.165, 1.54) is 11.8 Å². The molecule has 0 fully saturated rings. The van der Waals surface area contributed by atoms with Crippen molar-refractivity contribution in [3.05, 3.63) is 31.1 Å². The topological polar surface area (TPSA) is 73.0 Å². The molecule has 0 saturated carbocycles. The summed E-state index contributed by atoms with van der Waals surface area (Å²) in [7, 11) is 0. The van der Waals surface area contributed by atoms with Crippen LogP contribution in [0.15, 0.2) is 40.6 Å². The zero-order valence-corrected chi connectivity index (χ0v) is 14.5. The van der Waals surface area contributed by atoms with Crippen molar-refractivity contribution in [1.29, 1.82) is 0 Å². The molecule has 23 heavy (non-hydrogen) atoms. The van der Waals surface area contributed by atoms with Gasteiger partial charge < -0.3 is 9.73 Å². The fourth-order valence-corrected chi connectivity index (χ4v) is 2.90. The molecule has 124 valence electrons. The van der Waals surface area contributed by atoms with E-state index in [1.807, 2.05) is 23.6 Å². The Morgan fingerprint density at radius 1 is 1.48 bits per heavy atom. The van der Waals surface area contributed by atoms with Crippen LogP contribution in [0.2, 0.25) is 0 Å². The van der Waals surface area contributed by atoms with E-state index >= 15 is 0 Å². The van der Waals surface area contributed by atoms with Gasteiger partial charge in [0.05, 0.1) is 11.5 Å². The molecule has 2 rings (SSSR count). The maximum atomic E-state index is 12.0. The number of hydrogen-bond acceptors (Lipinski definition) is 5. The number of rotatable bonds is 8. The highest BCUT2D eigenvalue weighted by molar-refractivity contribution is 8.00. The molecule has 0 radical (unpaired) electrons. The molecule has 2 aromatic rings. The Kier molecular flexibility index (Phi) is 6.04. The molecule has 0 aliphatic rings. The zero-order chi connectivity index (χ0) is 16.8. The van der Waals surface area contributed by atoms with Crippen LogP contribution < -0.4 is 5.32 Å². The molecule has 7 heteroatoms. The summed E-state index contributed by atoms with van der Waals surface area (Å²) in [5.41, 5.74) is 0. The van der Waals surface area contributed by atoms with Crippen molar-refractivity contribution in [2.24, 2.45) is 5.92 Å². The van der Waals surface area contributed by atoms with Crippen LogP contribution in [0.5, 0.6) is 0 Å². The Labute approximate surface area is 140 Å². The van der Waals surface area contributed by atoms with E-state index in [2.05, 4.69) is 35.9 Å². The van der Waals surface area contributed by atoms with Crippen molar-refractivity contribution in [3.8, 4) is 11.6 Å². The average molecular weight is 334 g/mol. The Morgan fingerprint density at radius 3 is 2.87 bits per heavy atom. The average Bonchev–Trinajstić information content (AvgIpc) is 3.14. The molecule has 0 aliphatic carbocycles. The van der Waals surface area contributed by atoms with Crippen molar-refractivity contribution >= 4 is 17.7 Å². The fourth-order valence-electron chi connectivity index (χ4n) is 2.02. The summed E-state index contributed by atoms with van der Waals surface area (Å²) in [4.78, 5) is 12.0. The number of nitrogens with one attached hydrogen (secondary N) is 1. The van der Waals surface area contributed by atoms with E-state index in [4.69, 9.17) is 4.42 Å². The van der Waals surface area contributed by atoms with Crippen LogP contribution in [-0.4, -0.2) is 32.5 Å². The second kappa shape index (κ2) is 8.01. The van der Waals surface area contributed by atoms with Crippen molar-refractivity contribution in [1.82, 2.24) is 20.1 Å². The second-order valence-corrected chi connectivity index (χ2v) is 6.89. The zero-order valence-electron chi connectivity index (χ0n) is 13.7. The normalized spacial score (nSPS) is 12.3. The van der Waals surface area contributed by atoms with Gasteiger partial charge in [-0.15, -0.1) is 16.8 Å². The first-order valence-electron chi connectivity index (χ1n) is 7.55. The van der Waals surface area contributed by atoms with Crippen LogP contribution in [0.1, 0.15) is 20.8 Å². The summed E-state index contributed by atoms with van der Waals surface area (Å²) in [5.74, 6) is 1.73. The van der Waals surface area contributed by atoms with Gasteiger partial charge in [-0.25, -0.2) is 0 Å². The highest BCUT2D eigenvalue weighted by atomic mass is 32.2. The Balaban J connectivity index is 2.21. The van der Waals surface area contributed by atoms with Crippen molar-refractivity contribution < 1.29 is 9.21 Å². The number of carbonyl (C=O) groups is 1. The summed E-state index contributed by atoms with van der Waals surface area (Å²) in [6.45, 7) is 10.9. The standard InChI is InChI=1S/C16H22N4O2S/c1-5-8-17-15(21)12(4)23-16-19-18-14(13-7-6-9-22-13)20(16)10-11(2)3/h5-7,9,11-12H,1,8,10H2,2-4H3,(H,17,21). The highest BCUT2D eigenvalue weighted by Gasteiger charge is 2.21. The number of carbonyl (C=O) groups excluding carboxylic acids is 1. The van der Waals surface area contributed by atoms with Gasteiger partial charge >= 0.3 is 0 Å². The molecule has 6 nitrogen and oxygen atoms in total. The molecule has 2 aromatic heterocycles. The van der Waals surface area contributed by atoms with Crippen molar-refractivity contribution in [2.45, 2.75) is 37.7 Å². The van der Waals surface area contributed by atoms with Gasteiger partial charge in [0.25, 0.3) is 0 Å². The van der Waals surface area contributed by atoms with Gasteiger partial charge in [-0.2, -0.15) is 0 Å². The number of furan rings is 1. The lowest BCUT2D eigenvalue weighted by atomic mass is 10.2. The van der Waals surface area contributed by atoms with Gasteiger partial charge in [0.2, 0.25) is 5.91 Å². The van der Waals surface area contributed by atoms with Crippen LogP contribution >= 0.6 is 11.8 Å². The minimum Gasteiger partial charge on any atom is -0.461 e. The van der Waals surface area contributed by atoms with E-state index in [-0.39, 0.29) is 11.2 Å². The number of nitrogens with zero attached hydrogens (tertiary/aromatic N) is 3. The SMILES string of the molecule is C=CCNC(=O)C(C)Sc1nnc(-c2ccco2)n1CC(C)C. The van der Waals surface area contributed by atoms with Gasteiger partial charge in [-0.3, -0.25) is 9.36 Å². The molecule has 2 heterocycles. The second-order valence-electron chi connectivity index (χ2n) is 5.58. The lowest BCUT2D eigenvalue weighted by Crippen LogP contribution is -2.31. The monoisotopic (exact) mass is 334 g/mol. The van der Waals surface area contributed by atoms with Gasteiger partial charge in [-0.1, -0.05) is 31.7 Å². The van der Waals surface area contributed by atoms with E-state index in [1.54, 1.807) is 12.3 Å². The third-order valence-electron chi connectivity index (χ3n) is 3.08. The number of aromatic nitrogens is 3. The van der Waals surface area contributed by atoms with E-state index < -0.39 is 0 Å². The quantitative estimate of drug-likeness (QED) is 0.593. The maximum Gasteiger partial charge on any atom is 0.233 e. The Hall–Kier alpha value is -2.02. The van der Waals surface area contributed by atoms with Gasteiger partial charge in [0.15, 0.2) is 16.7 Å². The van der Waals surface area contributed by atoms with Crippen LogP contribution in [0.25, 0.3) is 11.6 Å². The van der Waals surface area contributed by atoms with Crippen molar-refractivity contribution in [3.63, 3.8) is 0 Å². The third-order valence-corrected chi connectivity index (χ3v) is 4.16. The summed E-state index contributed by atoms with van der Waals surface area (Å²) in [6.07, 6.45) is 3.27. The molecule has 0 saturated heterocycles. The summed E-state index contributed by atoms with van der Waals surface area (Å²) in [5, 5.41) is 11.7. The minimum absolute atomic E-state index is 0.0476. The number of amides is 1. The fraction of sp³-hybridized carbons (Fsp3) is 0.438. The van der Waals surface area contributed by atoms with Crippen molar-refractivity contribution in [2.75, 3.05) is 6.54 Å². The first kappa shape index (κ1) is 17.3. The van der Waals surface area contributed by atoms with E-state index in [0.717, 1.165) is 6.54 Å².